The second kappa shape index (κ2) is 5.44. The summed E-state index contributed by atoms with van der Waals surface area (Å²) in [6.45, 7) is 2.37. The minimum absolute atomic E-state index is 0.0422. The molecular weight excluding hydrogens is 230 g/mol. The van der Waals surface area contributed by atoms with Crippen LogP contribution in [0.1, 0.15) is 29.5 Å². The highest BCUT2D eigenvalue weighted by molar-refractivity contribution is 5.91. The summed E-state index contributed by atoms with van der Waals surface area (Å²) in [7, 11) is 1.63. The maximum Gasteiger partial charge on any atom is 0.217 e. The number of carbonyl (C=O) groups excluding carboxylic acids is 1. The van der Waals surface area contributed by atoms with Gasteiger partial charge in [-0.25, -0.2) is 9.67 Å². The van der Waals surface area contributed by atoms with Gasteiger partial charge in [0.2, 0.25) is 11.6 Å². The van der Waals surface area contributed by atoms with Crippen LogP contribution in [-0.2, 0) is 6.54 Å². The fourth-order valence-electron chi connectivity index (χ4n) is 1.61. The number of carbonyl (C=O) groups is 1. The predicted molar refractivity (Wildman–Crippen MR) is 66.7 cm³/mol. The molecule has 0 spiro atoms. The highest BCUT2D eigenvalue weighted by Gasteiger charge is 2.08. The van der Waals surface area contributed by atoms with Gasteiger partial charge in [0.25, 0.3) is 0 Å². The summed E-state index contributed by atoms with van der Waals surface area (Å²) >= 11 is 0. The Hall–Kier alpha value is -2.17. The standard InChI is InChI=1S/C13H15N3O2/c1-3-12(17)13-14-9-16(15-13)8-10-5-4-6-11(7-10)18-2/h4-7,9H,3,8H2,1-2H3. The fraction of sp³-hybridized carbons (Fsp3) is 0.308. The quantitative estimate of drug-likeness (QED) is 0.755. The molecule has 0 fully saturated rings. The van der Waals surface area contributed by atoms with Crippen molar-refractivity contribution in [2.45, 2.75) is 19.9 Å². The number of rotatable bonds is 5. The van der Waals surface area contributed by atoms with Gasteiger partial charge >= 0.3 is 0 Å². The minimum atomic E-state index is -0.0422. The van der Waals surface area contributed by atoms with Gasteiger partial charge in [-0.1, -0.05) is 19.1 Å². The molecule has 2 rings (SSSR count). The lowest BCUT2D eigenvalue weighted by Gasteiger charge is -2.03. The molecule has 0 N–H and O–H groups in total. The van der Waals surface area contributed by atoms with Crippen molar-refractivity contribution in [3.05, 3.63) is 42.0 Å². The Morgan fingerprint density at radius 1 is 1.44 bits per heavy atom. The molecule has 0 radical (unpaired) electrons. The summed E-state index contributed by atoms with van der Waals surface area (Å²) in [6.07, 6.45) is 1.99. The first-order chi connectivity index (χ1) is 8.72. The van der Waals surface area contributed by atoms with Crippen LogP contribution in [0, 0.1) is 0 Å². The van der Waals surface area contributed by atoms with Crippen LogP contribution in [0.3, 0.4) is 0 Å². The summed E-state index contributed by atoms with van der Waals surface area (Å²) in [5, 5.41) is 4.15. The van der Waals surface area contributed by atoms with Crippen LogP contribution < -0.4 is 4.74 Å². The van der Waals surface area contributed by atoms with Gasteiger partial charge in [-0.3, -0.25) is 4.79 Å². The summed E-state index contributed by atoms with van der Waals surface area (Å²) < 4.78 is 6.80. The Morgan fingerprint density at radius 2 is 2.28 bits per heavy atom. The third-order valence-electron chi connectivity index (χ3n) is 2.59. The van der Waals surface area contributed by atoms with Crippen molar-refractivity contribution in [2.24, 2.45) is 0 Å². The Balaban J connectivity index is 2.13. The van der Waals surface area contributed by atoms with Gasteiger partial charge in [0.05, 0.1) is 13.7 Å². The van der Waals surface area contributed by atoms with Crippen molar-refractivity contribution in [3.63, 3.8) is 0 Å². The lowest BCUT2D eigenvalue weighted by Crippen LogP contribution is -2.04. The molecule has 1 heterocycles. The van der Waals surface area contributed by atoms with E-state index in [1.807, 2.05) is 24.3 Å². The van der Waals surface area contributed by atoms with E-state index in [4.69, 9.17) is 4.74 Å². The van der Waals surface area contributed by atoms with E-state index in [0.717, 1.165) is 11.3 Å². The van der Waals surface area contributed by atoms with Crippen LogP contribution >= 0.6 is 0 Å². The van der Waals surface area contributed by atoms with E-state index in [1.165, 1.54) is 0 Å². The van der Waals surface area contributed by atoms with Gasteiger partial charge in [0.1, 0.15) is 12.1 Å². The van der Waals surface area contributed by atoms with E-state index >= 15 is 0 Å². The van der Waals surface area contributed by atoms with E-state index < -0.39 is 0 Å². The third-order valence-corrected chi connectivity index (χ3v) is 2.59. The number of benzene rings is 1. The highest BCUT2D eigenvalue weighted by Crippen LogP contribution is 2.13. The molecule has 1 aromatic heterocycles. The molecule has 0 saturated heterocycles. The third kappa shape index (κ3) is 2.74. The van der Waals surface area contributed by atoms with Gasteiger partial charge < -0.3 is 4.74 Å². The van der Waals surface area contributed by atoms with Crippen molar-refractivity contribution in [1.29, 1.82) is 0 Å². The number of aromatic nitrogens is 3. The van der Waals surface area contributed by atoms with Gasteiger partial charge in [-0.2, -0.15) is 0 Å². The zero-order valence-corrected chi connectivity index (χ0v) is 10.5. The van der Waals surface area contributed by atoms with Crippen LogP contribution in [0.2, 0.25) is 0 Å². The smallest absolute Gasteiger partial charge is 0.217 e. The molecule has 0 aliphatic heterocycles. The van der Waals surface area contributed by atoms with Crippen LogP contribution in [0.4, 0.5) is 0 Å². The van der Waals surface area contributed by atoms with Crippen molar-refractivity contribution < 1.29 is 9.53 Å². The SMILES string of the molecule is CCC(=O)c1ncn(Cc2cccc(OC)c2)n1. The molecule has 0 saturated carbocycles. The second-order valence-electron chi connectivity index (χ2n) is 3.89. The fourth-order valence-corrected chi connectivity index (χ4v) is 1.61. The van der Waals surface area contributed by atoms with Gasteiger partial charge in [-0.05, 0) is 17.7 Å². The molecule has 5 heteroatoms. The lowest BCUT2D eigenvalue weighted by atomic mass is 10.2. The molecule has 0 atom stereocenters. The first-order valence-electron chi connectivity index (χ1n) is 5.78. The molecular formula is C13H15N3O2. The van der Waals surface area contributed by atoms with Gasteiger partial charge in [-0.15, -0.1) is 5.10 Å². The summed E-state index contributed by atoms with van der Waals surface area (Å²) in [4.78, 5) is 15.4. The van der Waals surface area contributed by atoms with E-state index in [0.29, 0.717) is 13.0 Å². The Labute approximate surface area is 105 Å². The molecule has 1 aromatic carbocycles. The van der Waals surface area contributed by atoms with Crippen LogP contribution in [0.5, 0.6) is 5.75 Å². The Bertz CT molecular complexity index is 549. The highest BCUT2D eigenvalue weighted by atomic mass is 16.5. The molecule has 5 nitrogen and oxygen atoms in total. The monoisotopic (exact) mass is 245 g/mol. The van der Waals surface area contributed by atoms with E-state index in [2.05, 4.69) is 10.1 Å². The first kappa shape index (κ1) is 12.3. The molecule has 18 heavy (non-hydrogen) atoms. The molecule has 0 bridgehead atoms. The van der Waals surface area contributed by atoms with Crippen molar-refractivity contribution in [3.8, 4) is 5.75 Å². The number of ether oxygens (including phenoxy) is 1. The number of hydrogen-bond acceptors (Lipinski definition) is 4. The van der Waals surface area contributed by atoms with Crippen molar-refractivity contribution in [1.82, 2.24) is 14.8 Å². The average molecular weight is 245 g/mol. The summed E-state index contributed by atoms with van der Waals surface area (Å²) in [6, 6.07) is 7.72. The molecule has 94 valence electrons. The Morgan fingerprint density at radius 3 is 3.00 bits per heavy atom. The number of hydrogen-bond donors (Lipinski definition) is 0. The number of nitrogens with zero attached hydrogens (tertiary/aromatic N) is 3. The molecule has 0 unspecified atom stereocenters. The topological polar surface area (TPSA) is 57.0 Å². The number of ketones is 1. The molecule has 0 aliphatic rings. The van der Waals surface area contributed by atoms with Gasteiger partial charge in [0, 0.05) is 6.42 Å². The van der Waals surface area contributed by atoms with Crippen LogP contribution in [0.15, 0.2) is 30.6 Å². The van der Waals surface area contributed by atoms with E-state index in [1.54, 1.807) is 25.0 Å². The molecule has 2 aromatic rings. The average Bonchev–Trinajstić information content (AvgIpc) is 2.86. The van der Waals surface area contributed by atoms with Crippen LogP contribution in [0.25, 0.3) is 0 Å². The predicted octanol–water partition coefficient (Wildman–Crippen LogP) is 1.93. The summed E-state index contributed by atoms with van der Waals surface area (Å²) in [5.41, 5.74) is 1.05. The lowest BCUT2D eigenvalue weighted by molar-refractivity contribution is 0.0978. The van der Waals surface area contributed by atoms with Crippen LogP contribution in [-0.4, -0.2) is 27.7 Å². The second-order valence-corrected chi connectivity index (χ2v) is 3.89. The Kier molecular flexibility index (Phi) is 3.72. The summed E-state index contributed by atoms with van der Waals surface area (Å²) in [5.74, 6) is 1.04. The zero-order valence-electron chi connectivity index (χ0n) is 10.5. The maximum absolute atomic E-state index is 11.4. The number of Topliss-reactive ketones (excluding diaryl/α,β-unsaturated/α-hetero) is 1. The largest absolute Gasteiger partial charge is 0.497 e. The minimum Gasteiger partial charge on any atom is -0.497 e. The van der Waals surface area contributed by atoms with Crippen molar-refractivity contribution >= 4 is 5.78 Å². The molecule has 0 amide bonds. The van der Waals surface area contributed by atoms with E-state index in [-0.39, 0.29) is 11.6 Å². The first-order valence-corrected chi connectivity index (χ1v) is 5.78. The van der Waals surface area contributed by atoms with E-state index in [9.17, 15) is 4.79 Å². The zero-order chi connectivity index (χ0) is 13.0. The van der Waals surface area contributed by atoms with Crippen molar-refractivity contribution in [2.75, 3.05) is 7.11 Å². The normalized spacial score (nSPS) is 10.3. The maximum atomic E-state index is 11.4. The number of methoxy groups -OCH3 is 1. The van der Waals surface area contributed by atoms with Gasteiger partial charge in [0.15, 0.2) is 0 Å². The molecule has 0 aliphatic carbocycles.